The number of nitrogens with zero attached hydrogens (tertiary/aromatic N) is 1. The van der Waals surface area contributed by atoms with Crippen molar-refractivity contribution in [2.45, 2.75) is 25.3 Å². The Morgan fingerprint density at radius 3 is 2.18 bits per heavy atom. The number of carbonyl (C=O) groups is 1. The lowest BCUT2D eigenvalue weighted by molar-refractivity contribution is -0.117. The molecule has 4 rings (SSSR count). The molecule has 0 fully saturated rings. The Labute approximate surface area is 230 Å². The summed E-state index contributed by atoms with van der Waals surface area (Å²) >= 11 is 0. The van der Waals surface area contributed by atoms with Crippen molar-refractivity contribution in [3.05, 3.63) is 131 Å². The van der Waals surface area contributed by atoms with Gasteiger partial charge in [0.2, 0.25) is 5.91 Å². The molecule has 39 heavy (non-hydrogen) atoms. The first-order chi connectivity index (χ1) is 19.0. The average molecular weight is 527 g/mol. The molecule has 4 aromatic rings. The van der Waals surface area contributed by atoms with Gasteiger partial charge in [-0.1, -0.05) is 78.9 Å². The molecule has 0 aliphatic carbocycles. The van der Waals surface area contributed by atoms with E-state index in [1.54, 1.807) is 12.1 Å². The standard InChI is InChI=1S/C33H35FN2O3/c1-38-32-17-16-26(21-31(32)34)23-36(18-9-19-39-29-15-8-10-25(20-29)22-33(35)37)24-30(27-11-4-2-5-12-27)28-13-6-3-7-14-28/h2-8,10-17,20-21,30H,9,18-19,22-24H2,1H3,(H2,35,37). The second kappa shape index (κ2) is 14.1. The molecule has 5 nitrogen and oxygen atoms in total. The smallest absolute Gasteiger partial charge is 0.221 e. The summed E-state index contributed by atoms with van der Waals surface area (Å²) < 4.78 is 25.6. The quantitative estimate of drug-likeness (QED) is 0.206. The van der Waals surface area contributed by atoms with Crippen LogP contribution < -0.4 is 15.2 Å². The molecule has 0 radical (unpaired) electrons. The van der Waals surface area contributed by atoms with Gasteiger partial charge in [0, 0.05) is 25.6 Å². The molecule has 0 aliphatic rings. The van der Waals surface area contributed by atoms with E-state index < -0.39 is 0 Å². The van der Waals surface area contributed by atoms with Gasteiger partial charge in [0.1, 0.15) is 5.75 Å². The van der Waals surface area contributed by atoms with Gasteiger partial charge in [-0.25, -0.2) is 4.39 Å². The Hall–Kier alpha value is -4.16. The van der Waals surface area contributed by atoms with Gasteiger partial charge in [0.25, 0.3) is 0 Å². The van der Waals surface area contributed by atoms with Crippen LogP contribution in [0.5, 0.6) is 11.5 Å². The summed E-state index contributed by atoms with van der Waals surface area (Å²) in [6, 6.07) is 33.5. The third-order valence-electron chi connectivity index (χ3n) is 6.63. The number of amides is 1. The molecule has 1 amide bonds. The molecular formula is C33H35FN2O3. The number of benzene rings is 4. The highest BCUT2D eigenvalue weighted by molar-refractivity contribution is 5.76. The third-order valence-corrected chi connectivity index (χ3v) is 6.63. The van der Waals surface area contributed by atoms with Crippen molar-refractivity contribution in [3.63, 3.8) is 0 Å². The van der Waals surface area contributed by atoms with Gasteiger partial charge in [-0.3, -0.25) is 9.69 Å². The monoisotopic (exact) mass is 526 g/mol. The molecule has 0 atom stereocenters. The van der Waals surface area contributed by atoms with Crippen molar-refractivity contribution in [1.82, 2.24) is 4.90 Å². The first-order valence-corrected chi connectivity index (χ1v) is 13.2. The van der Waals surface area contributed by atoms with Crippen LogP contribution in [0.2, 0.25) is 0 Å². The fourth-order valence-corrected chi connectivity index (χ4v) is 4.76. The molecule has 0 heterocycles. The van der Waals surface area contributed by atoms with Crippen LogP contribution in [0.15, 0.2) is 103 Å². The molecule has 4 aromatic carbocycles. The highest BCUT2D eigenvalue weighted by Crippen LogP contribution is 2.27. The predicted molar refractivity (Wildman–Crippen MR) is 152 cm³/mol. The van der Waals surface area contributed by atoms with Gasteiger partial charge >= 0.3 is 0 Å². The number of ether oxygens (including phenoxy) is 2. The lowest BCUT2D eigenvalue weighted by Crippen LogP contribution is -2.31. The second-order valence-corrected chi connectivity index (χ2v) is 9.57. The van der Waals surface area contributed by atoms with E-state index in [0.717, 1.165) is 30.6 Å². The third kappa shape index (κ3) is 8.42. The Morgan fingerprint density at radius 1 is 0.872 bits per heavy atom. The minimum absolute atomic E-state index is 0.155. The summed E-state index contributed by atoms with van der Waals surface area (Å²) in [7, 11) is 1.47. The summed E-state index contributed by atoms with van der Waals surface area (Å²) in [4.78, 5) is 13.6. The van der Waals surface area contributed by atoms with Gasteiger partial charge < -0.3 is 15.2 Å². The molecule has 0 aromatic heterocycles. The van der Waals surface area contributed by atoms with Gasteiger partial charge in [-0.05, 0) is 52.9 Å². The number of hydrogen-bond acceptors (Lipinski definition) is 4. The van der Waals surface area contributed by atoms with E-state index >= 15 is 0 Å². The normalized spacial score (nSPS) is 11.1. The Morgan fingerprint density at radius 2 is 1.56 bits per heavy atom. The zero-order chi connectivity index (χ0) is 27.5. The van der Waals surface area contributed by atoms with Crippen molar-refractivity contribution < 1.29 is 18.7 Å². The molecule has 0 aliphatic heterocycles. The zero-order valence-corrected chi connectivity index (χ0v) is 22.3. The van der Waals surface area contributed by atoms with Gasteiger partial charge in [-0.2, -0.15) is 0 Å². The van der Waals surface area contributed by atoms with E-state index in [0.29, 0.717) is 18.9 Å². The molecule has 202 valence electrons. The van der Waals surface area contributed by atoms with Crippen LogP contribution in [0.25, 0.3) is 0 Å². The maximum Gasteiger partial charge on any atom is 0.221 e. The van der Waals surface area contributed by atoms with Crippen molar-refractivity contribution in [3.8, 4) is 11.5 Å². The highest BCUT2D eigenvalue weighted by Gasteiger charge is 2.19. The molecule has 0 unspecified atom stereocenters. The molecular weight excluding hydrogens is 491 g/mol. The SMILES string of the molecule is COc1ccc(CN(CCCOc2cccc(CC(N)=O)c2)CC(c2ccccc2)c2ccccc2)cc1F. The van der Waals surface area contributed by atoms with Crippen LogP contribution in [-0.4, -0.2) is 37.6 Å². The maximum absolute atomic E-state index is 14.5. The number of methoxy groups -OCH3 is 1. The van der Waals surface area contributed by atoms with Crippen molar-refractivity contribution in [2.75, 3.05) is 26.8 Å². The fourth-order valence-electron chi connectivity index (χ4n) is 4.76. The summed E-state index contributed by atoms with van der Waals surface area (Å²) in [5.74, 6) is 0.371. The van der Waals surface area contributed by atoms with E-state index in [4.69, 9.17) is 15.2 Å². The first-order valence-electron chi connectivity index (χ1n) is 13.2. The number of halogens is 1. The number of nitrogens with two attached hydrogens (primary N) is 1. The van der Waals surface area contributed by atoms with Gasteiger partial charge in [0.15, 0.2) is 11.6 Å². The summed E-state index contributed by atoms with van der Waals surface area (Å²) in [6.45, 7) is 2.61. The minimum Gasteiger partial charge on any atom is -0.494 e. The largest absolute Gasteiger partial charge is 0.494 e. The van der Waals surface area contributed by atoms with Gasteiger partial charge in [-0.15, -0.1) is 0 Å². The molecule has 2 N–H and O–H groups in total. The van der Waals surface area contributed by atoms with Crippen LogP contribution in [0.4, 0.5) is 4.39 Å². The highest BCUT2D eigenvalue weighted by atomic mass is 19.1. The minimum atomic E-state index is -0.371. The lowest BCUT2D eigenvalue weighted by atomic mass is 9.90. The van der Waals surface area contributed by atoms with Crippen LogP contribution in [0, 0.1) is 5.82 Å². The van der Waals surface area contributed by atoms with Crippen LogP contribution in [0.3, 0.4) is 0 Å². The second-order valence-electron chi connectivity index (χ2n) is 9.57. The van der Waals surface area contributed by atoms with E-state index in [1.807, 2.05) is 42.5 Å². The molecule has 0 saturated carbocycles. The molecule has 0 saturated heterocycles. The van der Waals surface area contributed by atoms with Crippen molar-refractivity contribution in [1.29, 1.82) is 0 Å². The van der Waals surface area contributed by atoms with Crippen LogP contribution >= 0.6 is 0 Å². The fraction of sp³-hybridized carbons (Fsp3) is 0.242. The van der Waals surface area contributed by atoms with E-state index in [1.165, 1.54) is 18.2 Å². The van der Waals surface area contributed by atoms with Crippen molar-refractivity contribution in [2.24, 2.45) is 5.73 Å². The molecule has 0 spiro atoms. The lowest BCUT2D eigenvalue weighted by Gasteiger charge is -2.28. The number of carbonyl (C=O) groups excluding carboxylic acids is 1. The van der Waals surface area contributed by atoms with Crippen LogP contribution in [0.1, 0.15) is 34.6 Å². The topological polar surface area (TPSA) is 64.8 Å². The Kier molecular flexibility index (Phi) is 10.1. The summed E-state index contributed by atoms with van der Waals surface area (Å²) in [5, 5.41) is 0. The summed E-state index contributed by atoms with van der Waals surface area (Å²) in [5.41, 5.74) is 9.51. The zero-order valence-electron chi connectivity index (χ0n) is 22.3. The number of hydrogen-bond donors (Lipinski definition) is 1. The predicted octanol–water partition coefficient (Wildman–Crippen LogP) is 5.97. The Bertz CT molecular complexity index is 1290. The van der Waals surface area contributed by atoms with Crippen molar-refractivity contribution >= 4 is 5.91 Å². The van der Waals surface area contributed by atoms with E-state index in [9.17, 15) is 9.18 Å². The average Bonchev–Trinajstić information content (AvgIpc) is 2.95. The van der Waals surface area contributed by atoms with E-state index in [-0.39, 0.29) is 29.8 Å². The number of rotatable bonds is 14. The molecule has 6 heteroatoms. The molecule has 0 bridgehead atoms. The first kappa shape index (κ1) is 27.9. The number of primary amides is 1. The van der Waals surface area contributed by atoms with E-state index in [2.05, 4.69) is 53.4 Å². The summed E-state index contributed by atoms with van der Waals surface area (Å²) in [6.07, 6.45) is 0.957. The van der Waals surface area contributed by atoms with Crippen LogP contribution in [-0.2, 0) is 17.8 Å². The maximum atomic E-state index is 14.5. The van der Waals surface area contributed by atoms with Gasteiger partial charge in [0.05, 0.1) is 20.1 Å². The Balaban J connectivity index is 1.49.